The molecule has 2 rings (SSSR count). The molecule has 114 valence electrons. The van der Waals surface area contributed by atoms with Crippen molar-refractivity contribution in [2.24, 2.45) is 4.99 Å². The Kier molecular flexibility index (Phi) is 4.96. The number of thioether (sulfide) groups is 1. The molecule has 0 spiro atoms. The van der Waals surface area contributed by atoms with Gasteiger partial charge in [-0.05, 0) is 31.4 Å². The Morgan fingerprint density at radius 1 is 1.24 bits per heavy atom. The zero-order valence-corrected chi connectivity index (χ0v) is 13.8. The van der Waals surface area contributed by atoms with Crippen molar-refractivity contribution in [3.05, 3.63) is 17.7 Å². The van der Waals surface area contributed by atoms with E-state index in [1.807, 2.05) is 12.1 Å². The summed E-state index contributed by atoms with van der Waals surface area (Å²) in [6, 6.07) is 4.01. The molecule has 21 heavy (non-hydrogen) atoms. The molecule has 0 bridgehead atoms. The Labute approximate surface area is 129 Å². The predicted octanol–water partition coefficient (Wildman–Crippen LogP) is 3.92. The fourth-order valence-corrected chi connectivity index (χ4v) is 3.60. The number of hydrogen-bond acceptors (Lipinski definition) is 5. The van der Waals surface area contributed by atoms with Crippen molar-refractivity contribution in [1.29, 1.82) is 0 Å². The summed E-state index contributed by atoms with van der Waals surface area (Å²) in [4.78, 5) is 16.0. The Morgan fingerprint density at radius 2 is 1.81 bits per heavy atom. The molecule has 0 aromatic heterocycles. The maximum atomic E-state index is 10.8. The highest BCUT2D eigenvalue weighted by Crippen LogP contribution is 2.52. The number of methoxy groups -OCH3 is 2. The Balaban J connectivity index is 2.56. The third kappa shape index (κ3) is 3.09. The van der Waals surface area contributed by atoms with Gasteiger partial charge < -0.3 is 9.47 Å². The van der Waals surface area contributed by atoms with E-state index >= 15 is 0 Å². The lowest BCUT2D eigenvalue weighted by Crippen LogP contribution is -2.33. The van der Waals surface area contributed by atoms with E-state index in [1.54, 1.807) is 32.1 Å². The molecule has 5 heteroatoms. The molecule has 0 radical (unpaired) electrons. The number of rotatable bonds is 6. The van der Waals surface area contributed by atoms with E-state index in [-0.39, 0.29) is 0 Å². The maximum Gasteiger partial charge on any atom is 0.235 e. The van der Waals surface area contributed by atoms with Crippen LogP contribution in [0.1, 0.15) is 38.7 Å². The van der Waals surface area contributed by atoms with E-state index < -0.39 is 5.54 Å². The van der Waals surface area contributed by atoms with Gasteiger partial charge in [0.15, 0.2) is 0 Å². The maximum absolute atomic E-state index is 10.8. The number of benzene rings is 1. The van der Waals surface area contributed by atoms with Crippen molar-refractivity contribution in [3.8, 4) is 11.5 Å². The van der Waals surface area contributed by atoms with Gasteiger partial charge in [0, 0.05) is 10.1 Å². The van der Waals surface area contributed by atoms with Gasteiger partial charge in [-0.3, -0.25) is 0 Å². The van der Waals surface area contributed by atoms with E-state index in [9.17, 15) is 4.79 Å². The Morgan fingerprint density at radius 3 is 2.14 bits per heavy atom. The van der Waals surface area contributed by atoms with Crippen LogP contribution in [0.5, 0.6) is 11.5 Å². The van der Waals surface area contributed by atoms with Crippen LogP contribution in [-0.4, -0.2) is 25.5 Å². The van der Waals surface area contributed by atoms with Gasteiger partial charge in [-0.15, -0.1) is 11.8 Å². The summed E-state index contributed by atoms with van der Waals surface area (Å²) in [5, 5.41) is 0.468. The average molecular weight is 307 g/mol. The molecule has 0 atom stereocenters. The van der Waals surface area contributed by atoms with Crippen molar-refractivity contribution in [3.63, 3.8) is 0 Å². The van der Waals surface area contributed by atoms with Gasteiger partial charge >= 0.3 is 0 Å². The predicted molar refractivity (Wildman–Crippen MR) is 84.2 cm³/mol. The first-order valence-electron chi connectivity index (χ1n) is 7.08. The normalized spacial score (nSPS) is 16.0. The van der Waals surface area contributed by atoms with Crippen molar-refractivity contribution >= 4 is 17.8 Å². The molecule has 0 amide bonds. The van der Waals surface area contributed by atoms with Crippen molar-refractivity contribution in [2.45, 2.75) is 48.8 Å². The molecule has 0 N–H and O–H groups in total. The van der Waals surface area contributed by atoms with E-state index in [0.717, 1.165) is 41.2 Å². The molecular formula is C16H21NO3S. The van der Waals surface area contributed by atoms with E-state index in [2.05, 4.69) is 18.8 Å². The van der Waals surface area contributed by atoms with Crippen LogP contribution in [0.4, 0.5) is 0 Å². The van der Waals surface area contributed by atoms with Crippen LogP contribution < -0.4 is 9.47 Å². The van der Waals surface area contributed by atoms with Gasteiger partial charge in [0.25, 0.3) is 0 Å². The molecular weight excluding hydrogens is 286 g/mol. The zero-order valence-electron chi connectivity index (χ0n) is 12.9. The average Bonchev–Trinajstić information content (AvgIpc) is 2.41. The van der Waals surface area contributed by atoms with Crippen LogP contribution in [0.15, 0.2) is 22.0 Å². The van der Waals surface area contributed by atoms with E-state index in [1.165, 1.54) is 0 Å². The van der Waals surface area contributed by atoms with Crippen LogP contribution in [0, 0.1) is 0 Å². The molecule has 1 aliphatic carbocycles. The van der Waals surface area contributed by atoms with Crippen LogP contribution in [0.2, 0.25) is 0 Å². The number of aliphatic imine (C=N–C) groups is 1. The van der Waals surface area contributed by atoms with Gasteiger partial charge in [-0.1, -0.05) is 13.8 Å². The van der Waals surface area contributed by atoms with Crippen LogP contribution in [0.3, 0.4) is 0 Å². The van der Waals surface area contributed by atoms with Gasteiger partial charge in [0.1, 0.15) is 17.0 Å². The summed E-state index contributed by atoms with van der Waals surface area (Å²) in [6.07, 6.45) is 4.41. The van der Waals surface area contributed by atoms with Gasteiger partial charge in [0.05, 0.1) is 19.8 Å². The molecule has 0 heterocycles. The summed E-state index contributed by atoms with van der Waals surface area (Å²) in [5.41, 5.74) is 0.342. The lowest BCUT2D eigenvalue weighted by molar-refractivity contribution is 0.235. The number of carbonyl (C=O) groups excluding carboxylic acids is 1. The topological polar surface area (TPSA) is 47.9 Å². The smallest absolute Gasteiger partial charge is 0.235 e. The van der Waals surface area contributed by atoms with Crippen LogP contribution in [-0.2, 0) is 10.3 Å². The third-order valence-electron chi connectivity index (χ3n) is 3.76. The fraction of sp³-hybridized carbons (Fsp3) is 0.562. The largest absolute Gasteiger partial charge is 0.496 e. The highest BCUT2D eigenvalue weighted by molar-refractivity contribution is 7.99. The summed E-state index contributed by atoms with van der Waals surface area (Å²) >= 11 is 1.75. The summed E-state index contributed by atoms with van der Waals surface area (Å²) < 4.78 is 11.1. The number of isocyanates is 1. The highest BCUT2D eigenvalue weighted by atomic mass is 32.2. The minimum absolute atomic E-state index is 0.468. The molecule has 1 fully saturated rings. The van der Waals surface area contributed by atoms with Crippen molar-refractivity contribution in [2.75, 3.05) is 14.2 Å². The second-order valence-corrected chi connectivity index (χ2v) is 7.11. The quantitative estimate of drug-likeness (QED) is 0.454. The zero-order chi connectivity index (χ0) is 15.5. The van der Waals surface area contributed by atoms with Crippen molar-refractivity contribution in [1.82, 2.24) is 0 Å². The number of ether oxygens (including phenoxy) is 2. The highest BCUT2D eigenvalue weighted by Gasteiger charge is 2.43. The van der Waals surface area contributed by atoms with Crippen LogP contribution in [0.25, 0.3) is 0 Å². The second-order valence-electron chi connectivity index (χ2n) is 5.46. The lowest BCUT2D eigenvalue weighted by atomic mass is 9.71. The second kappa shape index (κ2) is 6.54. The molecule has 0 saturated heterocycles. The van der Waals surface area contributed by atoms with Gasteiger partial charge in [0.2, 0.25) is 6.08 Å². The minimum atomic E-state index is -0.528. The molecule has 0 aliphatic heterocycles. The number of nitrogens with zero attached hydrogens (tertiary/aromatic N) is 1. The van der Waals surface area contributed by atoms with E-state index in [0.29, 0.717) is 5.25 Å². The van der Waals surface area contributed by atoms with Crippen molar-refractivity contribution < 1.29 is 14.3 Å². The minimum Gasteiger partial charge on any atom is -0.496 e. The first kappa shape index (κ1) is 15.9. The molecule has 1 aromatic rings. The summed E-state index contributed by atoms with van der Waals surface area (Å²) in [6.45, 7) is 4.28. The summed E-state index contributed by atoms with van der Waals surface area (Å²) in [7, 11) is 3.28. The number of hydrogen-bond donors (Lipinski definition) is 0. The fourth-order valence-electron chi connectivity index (χ4n) is 2.70. The van der Waals surface area contributed by atoms with Gasteiger partial charge in [-0.2, -0.15) is 4.99 Å². The Hall–Kier alpha value is -1.45. The monoisotopic (exact) mass is 307 g/mol. The third-order valence-corrected chi connectivity index (χ3v) is 4.74. The molecule has 1 saturated carbocycles. The summed E-state index contributed by atoms with van der Waals surface area (Å²) in [5.74, 6) is 1.47. The first-order valence-corrected chi connectivity index (χ1v) is 7.96. The molecule has 1 aromatic carbocycles. The standard InChI is InChI=1S/C16H21NO3S/c1-11(2)21-12-8-13(19-3)15(14(9-12)20-4)16(17-10-18)6-5-7-16/h8-9,11H,5-7H2,1-4H3. The van der Waals surface area contributed by atoms with Gasteiger partial charge in [-0.25, -0.2) is 4.79 Å². The van der Waals surface area contributed by atoms with E-state index in [4.69, 9.17) is 9.47 Å². The Bertz CT molecular complexity index is 536. The lowest BCUT2D eigenvalue weighted by Gasteiger charge is -2.38. The first-order chi connectivity index (χ1) is 10.1. The molecule has 4 nitrogen and oxygen atoms in total. The molecule has 0 unspecified atom stereocenters. The molecule has 1 aliphatic rings. The SMILES string of the molecule is COc1cc(SC(C)C)cc(OC)c1C1(N=C=O)CCC1. The van der Waals surface area contributed by atoms with Crippen LogP contribution >= 0.6 is 11.8 Å².